The van der Waals surface area contributed by atoms with E-state index in [-0.39, 0.29) is 6.04 Å². The SMILES string of the molecule is Cn1cncc1C(O)C(=O)NC(=O)C1CCCN1. The fourth-order valence-corrected chi connectivity index (χ4v) is 1.95. The van der Waals surface area contributed by atoms with E-state index in [1.165, 1.54) is 17.1 Å². The Morgan fingerprint density at radius 2 is 2.44 bits per heavy atom. The molecule has 0 bridgehead atoms. The van der Waals surface area contributed by atoms with Gasteiger partial charge in [-0.1, -0.05) is 0 Å². The largest absolute Gasteiger partial charge is 0.377 e. The molecule has 1 aliphatic rings. The molecule has 2 amide bonds. The van der Waals surface area contributed by atoms with Crippen molar-refractivity contribution in [1.29, 1.82) is 0 Å². The Morgan fingerprint density at radius 1 is 1.67 bits per heavy atom. The third-order valence-electron chi connectivity index (χ3n) is 3.01. The van der Waals surface area contributed by atoms with Gasteiger partial charge >= 0.3 is 0 Å². The van der Waals surface area contributed by atoms with Crippen molar-refractivity contribution in [2.24, 2.45) is 7.05 Å². The number of imide groups is 1. The van der Waals surface area contributed by atoms with Crippen LogP contribution in [0, 0.1) is 0 Å². The average Bonchev–Trinajstić information content (AvgIpc) is 2.98. The molecule has 2 atom stereocenters. The number of imidazole rings is 1. The molecule has 7 heteroatoms. The quantitative estimate of drug-likeness (QED) is 0.631. The third kappa shape index (κ3) is 2.57. The number of aliphatic hydroxyl groups excluding tert-OH is 1. The summed E-state index contributed by atoms with van der Waals surface area (Å²) in [4.78, 5) is 27.2. The van der Waals surface area contributed by atoms with E-state index in [1.807, 2.05) is 0 Å². The lowest BCUT2D eigenvalue weighted by Crippen LogP contribution is -2.45. The maximum absolute atomic E-state index is 11.7. The highest BCUT2D eigenvalue weighted by atomic mass is 16.3. The zero-order chi connectivity index (χ0) is 13.1. The Kier molecular flexibility index (Phi) is 3.73. The number of hydrogen-bond acceptors (Lipinski definition) is 5. The molecule has 2 heterocycles. The normalized spacial score (nSPS) is 20.7. The fourth-order valence-electron chi connectivity index (χ4n) is 1.95. The molecule has 98 valence electrons. The van der Waals surface area contributed by atoms with Gasteiger partial charge < -0.3 is 15.0 Å². The lowest BCUT2D eigenvalue weighted by molar-refractivity contribution is -0.136. The van der Waals surface area contributed by atoms with E-state index in [0.717, 1.165) is 13.0 Å². The predicted octanol–water partition coefficient (Wildman–Crippen LogP) is -1.15. The molecule has 0 spiro atoms. The van der Waals surface area contributed by atoms with E-state index < -0.39 is 17.9 Å². The van der Waals surface area contributed by atoms with Crippen LogP contribution in [-0.4, -0.2) is 39.1 Å². The van der Waals surface area contributed by atoms with Crippen molar-refractivity contribution in [3.63, 3.8) is 0 Å². The summed E-state index contributed by atoms with van der Waals surface area (Å²) in [6, 6.07) is -0.340. The number of nitrogens with one attached hydrogen (secondary N) is 2. The van der Waals surface area contributed by atoms with Crippen molar-refractivity contribution in [3.05, 3.63) is 18.2 Å². The van der Waals surface area contributed by atoms with Gasteiger partial charge in [0, 0.05) is 7.05 Å². The Morgan fingerprint density at radius 3 is 3.00 bits per heavy atom. The zero-order valence-corrected chi connectivity index (χ0v) is 10.1. The fraction of sp³-hybridized carbons (Fsp3) is 0.545. The van der Waals surface area contributed by atoms with Gasteiger partial charge in [-0.2, -0.15) is 0 Å². The minimum absolute atomic E-state index is 0.340. The van der Waals surface area contributed by atoms with Crippen LogP contribution in [0.5, 0.6) is 0 Å². The second-order valence-electron chi connectivity index (χ2n) is 4.33. The summed E-state index contributed by atoms with van der Waals surface area (Å²) in [7, 11) is 1.67. The van der Waals surface area contributed by atoms with Crippen molar-refractivity contribution in [1.82, 2.24) is 20.2 Å². The van der Waals surface area contributed by atoms with E-state index in [1.54, 1.807) is 7.05 Å². The molecule has 1 fully saturated rings. The molecule has 0 saturated carbocycles. The molecule has 7 nitrogen and oxygen atoms in total. The maximum Gasteiger partial charge on any atom is 0.261 e. The van der Waals surface area contributed by atoms with E-state index in [4.69, 9.17) is 0 Å². The highest BCUT2D eigenvalue weighted by molar-refractivity contribution is 5.99. The summed E-state index contributed by atoms with van der Waals surface area (Å²) in [6.07, 6.45) is 3.11. The van der Waals surface area contributed by atoms with Crippen LogP contribution in [0.3, 0.4) is 0 Å². The van der Waals surface area contributed by atoms with Gasteiger partial charge in [0.2, 0.25) is 5.91 Å². The first-order valence-electron chi connectivity index (χ1n) is 5.82. The molecule has 0 radical (unpaired) electrons. The average molecular weight is 252 g/mol. The number of carbonyl (C=O) groups excluding carboxylic acids is 2. The summed E-state index contributed by atoms with van der Waals surface area (Å²) in [5, 5.41) is 15.0. The molecule has 2 unspecified atom stereocenters. The van der Waals surface area contributed by atoms with Gasteiger partial charge in [-0.15, -0.1) is 0 Å². The van der Waals surface area contributed by atoms with Crippen LogP contribution in [0.4, 0.5) is 0 Å². The lowest BCUT2D eigenvalue weighted by Gasteiger charge is -2.13. The Balaban J connectivity index is 1.95. The van der Waals surface area contributed by atoms with E-state index in [0.29, 0.717) is 12.1 Å². The second kappa shape index (κ2) is 5.28. The van der Waals surface area contributed by atoms with Crippen LogP contribution < -0.4 is 10.6 Å². The Labute approximate surface area is 104 Å². The number of carbonyl (C=O) groups is 2. The molecular weight excluding hydrogens is 236 g/mol. The van der Waals surface area contributed by atoms with Gasteiger partial charge in [0.15, 0.2) is 6.10 Å². The van der Waals surface area contributed by atoms with Crippen LogP contribution in [0.25, 0.3) is 0 Å². The summed E-state index contributed by atoms with van der Waals surface area (Å²) in [5.74, 6) is -1.11. The van der Waals surface area contributed by atoms with Crippen molar-refractivity contribution in [2.75, 3.05) is 6.54 Å². The predicted molar refractivity (Wildman–Crippen MR) is 62.3 cm³/mol. The molecular formula is C11H16N4O3. The molecule has 3 N–H and O–H groups in total. The Hall–Kier alpha value is -1.73. The number of aromatic nitrogens is 2. The van der Waals surface area contributed by atoms with Crippen LogP contribution in [0.15, 0.2) is 12.5 Å². The molecule has 18 heavy (non-hydrogen) atoms. The molecule has 1 aliphatic heterocycles. The molecule has 2 rings (SSSR count). The summed E-state index contributed by atoms with van der Waals surface area (Å²) < 4.78 is 1.53. The molecule has 0 aromatic carbocycles. The minimum atomic E-state index is -1.39. The molecule has 1 aromatic rings. The Bertz CT molecular complexity index is 451. The van der Waals surface area contributed by atoms with E-state index >= 15 is 0 Å². The van der Waals surface area contributed by atoms with Crippen molar-refractivity contribution in [3.8, 4) is 0 Å². The number of hydrogen-bond donors (Lipinski definition) is 3. The topological polar surface area (TPSA) is 96.2 Å². The van der Waals surface area contributed by atoms with Gasteiger partial charge in [0.1, 0.15) is 0 Å². The summed E-state index contributed by atoms with van der Waals surface area (Å²) in [5.41, 5.74) is 0.347. The maximum atomic E-state index is 11.7. The number of rotatable bonds is 3. The molecule has 0 aliphatic carbocycles. The minimum Gasteiger partial charge on any atom is -0.377 e. The van der Waals surface area contributed by atoms with E-state index in [2.05, 4.69) is 15.6 Å². The van der Waals surface area contributed by atoms with E-state index in [9.17, 15) is 14.7 Å². The van der Waals surface area contributed by atoms with Crippen molar-refractivity contribution < 1.29 is 14.7 Å². The van der Waals surface area contributed by atoms with Crippen LogP contribution in [0.2, 0.25) is 0 Å². The van der Waals surface area contributed by atoms with Gasteiger partial charge in [-0.05, 0) is 19.4 Å². The monoisotopic (exact) mass is 252 g/mol. The van der Waals surface area contributed by atoms with Crippen LogP contribution in [-0.2, 0) is 16.6 Å². The van der Waals surface area contributed by atoms with Crippen LogP contribution in [0.1, 0.15) is 24.6 Å². The van der Waals surface area contributed by atoms with Crippen molar-refractivity contribution in [2.45, 2.75) is 25.0 Å². The molecule has 1 aromatic heterocycles. The first-order valence-corrected chi connectivity index (χ1v) is 5.82. The van der Waals surface area contributed by atoms with Crippen molar-refractivity contribution >= 4 is 11.8 Å². The standard InChI is InChI=1S/C11H16N4O3/c1-15-6-12-5-8(15)9(16)11(18)14-10(17)7-3-2-4-13-7/h5-7,9,13,16H,2-4H2,1H3,(H,14,17,18). The lowest BCUT2D eigenvalue weighted by atomic mass is 10.2. The van der Waals surface area contributed by atoms with Gasteiger partial charge in [-0.3, -0.25) is 14.9 Å². The summed E-state index contributed by atoms with van der Waals surface area (Å²) >= 11 is 0. The second-order valence-corrected chi connectivity index (χ2v) is 4.33. The first kappa shape index (κ1) is 12.7. The number of aryl methyl sites for hydroxylation is 1. The smallest absolute Gasteiger partial charge is 0.261 e. The first-order chi connectivity index (χ1) is 8.59. The third-order valence-corrected chi connectivity index (χ3v) is 3.01. The van der Waals surface area contributed by atoms with Gasteiger partial charge in [0.05, 0.1) is 24.3 Å². The highest BCUT2D eigenvalue weighted by Gasteiger charge is 2.27. The van der Waals surface area contributed by atoms with Gasteiger partial charge in [0.25, 0.3) is 5.91 Å². The number of nitrogens with zero attached hydrogens (tertiary/aromatic N) is 2. The van der Waals surface area contributed by atoms with Crippen LogP contribution >= 0.6 is 0 Å². The number of aliphatic hydroxyl groups is 1. The number of amides is 2. The van der Waals surface area contributed by atoms with Gasteiger partial charge in [-0.25, -0.2) is 4.98 Å². The molecule has 1 saturated heterocycles. The highest BCUT2D eigenvalue weighted by Crippen LogP contribution is 2.11. The zero-order valence-electron chi connectivity index (χ0n) is 10.1. The summed E-state index contributed by atoms with van der Waals surface area (Å²) in [6.45, 7) is 0.774.